The van der Waals surface area contributed by atoms with Crippen LogP contribution in [0, 0.1) is 0 Å². The molecule has 0 saturated heterocycles. The molecule has 0 saturated carbocycles. The number of amides is 1. The van der Waals surface area contributed by atoms with Crippen LogP contribution in [-0.2, 0) is 5.75 Å². The van der Waals surface area contributed by atoms with Gasteiger partial charge in [0.05, 0.1) is 12.3 Å². The zero-order valence-electron chi connectivity index (χ0n) is 15.0. The molecule has 138 valence electrons. The van der Waals surface area contributed by atoms with E-state index in [1.54, 1.807) is 23.5 Å². The zero-order chi connectivity index (χ0) is 18.6. The van der Waals surface area contributed by atoms with Crippen molar-refractivity contribution in [1.29, 1.82) is 0 Å². The van der Waals surface area contributed by atoms with Crippen LogP contribution in [0.1, 0.15) is 35.0 Å². The van der Waals surface area contributed by atoms with Gasteiger partial charge in [-0.3, -0.25) is 10.1 Å². The molecular formula is C21H20N2O2S2. The fourth-order valence-electron chi connectivity index (χ4n) is 2.85. The Kier molecular flexibility index (Phi) is 5.45. The van der Waals surface area contributed by atoms with Gasteiger partial charge in [-0.15, -0.1) is 23.1 Å². The number of unbranched alkanes of at least 4 members (excludes halogenated alkanes) is 1. The topological polar surface area (TPSA) is 51.2 Å². The highest BCUT2D eigenvalue weighted by Gasteiger charge is 2.21. The Bertz CT molecular complexity index is 951. The number of carbonyl (C=O) groups is 1. The number of aromatic nitrogens is 1. The Balaban J connectivity index is 1.46. The number of thiazole rings is 1. The van der Waals surface area contributed by atoms with Crippen LogP contribution in [0.2, 0.25) is 0 Å². The Labute approximate surface area is 167 Å². The number of rotatable bonds is 6. The highest BCUT2D eigenvalue weighted by molar-refractivity contribution is 7.98. The first kappa shape index (κ1) is 18.1. The number of thioether (sulfide) groups is 1. The van der Waals surface area contributed by atoms with Gasteiger partial charge < -0.3 is 4.74 Å². The van der Waals surface area contributed by atoms with Gasteiger partial charge in [-0.2, -0.15) is 0 Å². The van der Waals surface area contributed by atoms with Gasteiger partial charge in [0, 0.05) is 26.7 Å². The molecule has 4 nitrogen and oxygen atoms in total. The van der Waals surface area contributed by atoms with E-state index in [1.807, 2.05) is 36.0 Å². The molecule has 3 aromatic rings. The van der Waals surface area contributed by atoms with Crippen LogP contribution in [0.5, 0.6) is 5.75 Å². The van der Waals surface area contributed by atoms with Crippen LogP contribution in [0.4, 0.5) is 5.13 Å². The van der Waals surface area contributed by atoms with Gasteiger partial charge in [0.15, 0.2) is 5.13 Å². The lowest BCUT2D eigenvalue weighted by Crippen LogP contribution is -2.11. The van der Waals surface area contributed by atoms with Gasteiger partial charge in [-0.1, -0.05) is 31.5 Å². The van der Waals surface area contributed by atoms with Crippen molar-refractivity contribution in [3.63, 3.8) is 0 Å². The first-order valence-corrected chi connectivity index (χ1v) is 10.8. The second-order valence-electron chi connectivity index (χ2n) is 6.26. The standard InChI is InChI=1S/C21H20N2O2S2/c1-2-3-12-25-15-10-8-14(9-11-15)20(24)23-21-22-19-16-6-4-5-7-17(16)26-13-18(19)27-21/h4-11H,2-3,12-13H2,1H3,(H,22,23,24). The number of benzene rings is 2. The molecule has 0 spiro atoms. The van der Waals surface area contributed by atoms with Crippen LogP contribution < -0.4 is 10.1 Å². The number of carbonyl (C=O) groups excluding carboxylic acids is 1. The predicted molar refractivity (Wildman–Crippen MR) is 112 cm³/mol. The summed E-state index contributed by atoms with van der Waals surface area (Å²) in [4.78, 5) is 19.7. The Morgan fingerprint density at radius 2 is 2.00 bits per heavy atom. The molecule has 2 heterocycles. The van der Waals surface area contributed by atoms with E-state index in [4.69, 9.17) is 4.74 Å². The minimum atomic E-state index is -0.151. The van der Waals surface area contributed by atoms with Crippen LogP contribution >= 0.6 is 23.1 Å². The molecule has 2 aromatic carbocycles. The Hall–Kier alpha value is -2.31. The van der Waals surface area contributed by atoms with E-state index in [9.17, 15) is 4.79 Å². The summed E-state index contributed by atoms with van der Waals surface area (Å²) >= 11 is 3.36. The van der Waals surface area contributed by atoms with E-state index in [-0.39, 0.29) is 5.91 Å². The molecular weight excluding hydrogens is 376 g/mol. The van der Waals surface area contributed by atoms with Crippen molar-refractivity contribution in [2.45, 2.75) is 30.4 Å². The number of fused-ring (bicyclic) bond motifs is 3. The number of anilines is 1. The molecule has 0 atom stereocenters. The highest BCUT2D eigenvalue weighted by atomic mass is 32.2. The molecule has 4 rings (SSSR count). The van der Waals surface area contributed by atoms with Crippen molar-refractivity contribution in [2.75, 3.05) is 11.9 Å². The molecule has 27 heavy (non-hydrogen) atoms. The van der Waals surface area contributed by atoms with Crippen molar-refractivity contribution in [1.82, 2.24) is 4.98 Å². The van der Waals surface area contributed by atoms with Crippen molar-refractivity contribution in [3.05, 3.63) is 59.0 Å². The van der Waals surface area contributed by atoms with Crippen LogP contribution in [-0.4, -0.2) is 17.5 Å². The maximum absolute atomic E-state index is 12.6. The number of nitrogens with zero attached hydrogens (tertiary/aromatic N) is 1. The van der Waals surface area contributed by atoms with Crippen molar-refractivity contribution in [2.24, 2.45) is 0 Å². The Morgan fingerprint density at radius 3 is 2.81 bits per heavy atom. The third-order valence-electron chi connectivity index (χ3n) is 4.30. The first-order valence-electron chi connectivity index (χ1n) is 9.00. The lowest BCUT2D eigenvalue weighted by atomic mass is 10.1. The molecule has 0 radical (unpaired) electrons. The molecule has 0 fully saturated rings. The summed E-state index contributed by atoms with van der Waals surface area (Å²) in [6.45, 7) is 2.83. The molecule has 1 N–H and O–H groups in total. The van der Waals surface area contributed by atoms with Gasteiger partial charge in [0.2, 0.25) is 0 Å². The predicted octanol–water partition coefficient (Wildman–Crippen LogP) is 5.85. The fraction of sp³-hybridized carbons (Fsp3) is 0.238. The third kappa shape index (κ3) is 4.01. The summed E-state index contributed by atoms with van der Waals surface area (Å²) in [5, 5.41) is 3.58. The largest absolute Gasteiger partial charge is 0.494 e. The Morgan fingerprint density at radius 1 is 1.19 bits per heavy atom. The SMILES string of the molecule is CCCCOc1ccc(C(=O)Nc2nc3c(s2)CSc2ccccc2-3)cc1. The van der Waals surface area contributed by atoms with Gasteiger partial charge in [0.1, 0.15) is 5.75 Å². The van der Waals surface area contributed by atoms with Crippen LogP contribution in [0.25, 0.3) is 11.3 Å². The summed E-state index contributed by atoms with van der Waals surface area (Å²) in [7, 11) is 0. The second-order valence-corrected chi connectivity index (χ2v) is 8.36. The summed E-state index contributed by atoms with van der Waals surface area (Å²) in [6, 6.07) is 15.5. The smallest absolute Gasteiger partial charge is 0.257 e. The second kappa shape index (κ2) is 8.15. The van der Waals surface area contributed by atoms with Gasteiger partial charge >= 0.3 is 0 Å². The molecule has 0 aliphatic carbocycles. The lowest BCUT2D eigenvalue weighted by molar-refractivity contribution is 0.102. The number of nitrogens with one attached hydrogen (secondary N) is 1. The monoisotopic (exact) mass is 396 g/mol. The van der Waals surface area contributed by atoms with E-state index < -0.39 is 0 Å². The van der Waals surface area contributed by atoms with Crippen LogP contribution in [0.3, 0.4) is 0 Å². The average Bonchev–Trinajstić information content (AvgIpc) is 3.11. The third-order valence-corrected chi connectivity index (χ3v) is 6.56. The van der Waals surface area contributed by atoms with Gasteiger partial charge in [-0.25, -0.2) is 4.98 Å². The van der Waals surface area contributed by atoms with Crippen LogP contribution in [0.15, 0.2) is 53.4 Å². The fourth-order valence-corrected chi connectivity index (χ4v) is 4.95. The van der Waals surface area contributed by atoms with Crippen molar-refractivity contribution >= 4 is 34.1 Å². The van der Waals surface area contributed by atoms with Gasteiger partial charge in [0.25, 0.3) is 5.91 Å². The lowest BCUT2D eigenvalue weighted by Gasteiger charge is -2.13. The minimum absolute atomic E-state index is 0.151. The molecule has 1 amide bonds. The average molecular weight is 397 g/mol. The van der Waals surface area contributed by atoms with Gasteiger partial charge in [-0.05, 0) is 36.8 Å². The molecule has 1 aromatic heterocycles. The van der Waals surface area contributed by atoms with Crippen molar-refractivity contribution < 1.29 is 9.53 Å². The molecule has 1 aliphatic rings. The quantitative estimate of drug-likeness (QED) is 0.531. The molecule has 0 bridgehead atoms. The molecule has 0 unspecified atom stereocenters. The molecule has 1 aliphatic heterocycles. The van der Waals surface area contributed by atoms with Crippen molar-refractivity contribution in [3.8, 4) is 17.0 Å². The van der Waals surface area contributed by atoms with E-state index in [0.717, 1.165) is 35.6 Å². The number of hydrogen-bond acceptors (Lipinski definition) is 5. The highest BCUT2D eigenvalue weighted by Crippen LogP contribution is 2.44. The van der Waals surface area contributed by atoms with E-state index in [1.165, 1.54) is 9.77 Å². The zero-order valence-corrected chi connectivity index (χ0v) is 16.7. The van der Waals surface area contributed by atoms with E-state index in [0.29, 0.717) is 17.3 Å². The van der Waals surface area contributed by atoms with E-state index >= 15 is 0 Å². The normalized spacial score (nSPS) is 12.2. The minimum Gasteiger partial charge on any atom is -0.494 e. The first-order chi connectivity index (χ1) is 13.2. The maximum atomic E-state index is 12.6. The maximum Gasteiger partial charge on any atom is 0.257 e. The summed E-state index contributed by atoms with van der Waals surface area (Å²) < 4.78 is 5.64. The number of ether oxygens (including phenoxy) is 1. The summed E-state index contributed by atoms with van der Waals surface area (Å²) in [5.74, 6) is 1.53. The van der Waals surface area contributed by atoms with E-state index in [2.05, 4.69) is 29.4 Å². The summed E-state index contributed by atoms with van der Waals surface area (Å²) in [6.07, 6.45) is 2.12. The summed E-state index contributed by atoms with van der Waals surface area (Å²) in [5.41, 5.74) is 2.74. The number of hydrogen-bond donors (Lipinski definition) is 1. The molecule has 6 heteroatoms.